The summed E-state index contributed by atoms with van der Waals surface area (Å²) in [4.78, 5) is 23.9. The second kappa shape index (κ2) is 14.2. The first-order valence-corrected chi connectivity index (χ1v) is 12.9. The molecule has 35 heavy (non-hydrogen) atoms. The van der Waals surface area contributed by atoms with E-state index < -0.39 is 11.7 Å². The molecule has 1 aliphatic carbocycles. The molecule has 200 valence electrons. The van der Waals surface area contributed by atoms with Crippen molar-refractivity contribution in [3.05, 3.63) is 11.6 Å². The number of methoxy groups -OCH3 is 1. The Morgan fingerprint density at radius 2 is 1.80 bits per heavy atom. The highest BCUT2D eigenvalue weighted by molar-refractivity contribution is 6.06. The Kier molecular flexibility index (Phi) is 12.0. The molecule has 3 N–H and O–H groups in total. The summed E-state index contributed by atoms with van der Waals surface area (Å²) in [6.07, 6.45) is 6.27. The molecule has 3 unspecified atom stereocenters. The van der Waals surface area contributed by atoms with Crippen molar-refractivity contribution in [1.29, 1.82) is 0 Å². The highest BCUT2D eigenvalue weighted by atomic mass is 16.6. The predicted molar refractivity (Wildman–Crippen MR) is 138 cm³/mol. The van der Waals surface area contributed by atoms with E-state index in [1.165, 1.54) is 5.57 Å². The lowest BCUT2D eigenvalue weighted by Crippen LogP contribution is -2.59. The Hall–Kier alpha value is -1.62. The maximum atomic E-state index is 12.5. The third kappa shape index (κ3) is 9.40. The van der Waals surface area contributed by atoms with E-state index in [1.54, 1.807) is 15.1 Å². The number of hydrogen-bond donors (Lipinski definition) is 3. The van der Waals surface area contributed by atoms with Gasteiger partial charge in [0.25, 0.3) is 0 Å². The lowest BCUT2D eigenvalue weighted by Gasteiger charge is -2.47. The number of rotatable bonds is 15. The van der Waals surface area contributed by atoms with Crippen molar-refractivity contribution in [2.45, 2.75) is 89.6 Å². The maximum absolute atomic E-state index is 12.5. The molecule has 0 aromatic rings. The van der Waals surface area contributed by atoms with Gasteiger partial charge in [-0.1, -0.05) is 24.5 Å². The van der Waals surface area contributed by atoms with Crippen molar-refractivity contribution >= 4 is 20.0 Å². The molecule has 1 spiro atoms. The minimum atomic E-state index is -0.506. The van der Waals surface area contributed by atoms with Gasteiger partial charge in [-0.25, -0.2) is 4.79 Å². The number of unbranched alkanes of at least 4 members (excludes halogenated alkanes) is 3. The molecule has 2 amide bonds. The Labute approximate surface area is 211 Å². The first-order chi connectivity index (χ1) is 16.6. The summed E-state index contributed by atoms with van der Waals surface area (Å²) in [5.41, 5.74) is 0.436. The van der Waals surface area contributed by atoms with Gasteiger partial charge in [-0.2, -0.15) is 0 Å². The van der Waals surface area contributed by atoms with Gasteiger partial charge in [-0.3, -0.25) is 4.79 Å². The molecule has 2 rings (SSSR count). The van der Waals surface area contributed by atoms with E-state index in [1.807, 2.05) is 0 Å². The van der Waals surface area contributed by atoms with Gasteiger partial charge < -0.3 is 34.8 Å². The minimum absolute atomic E-state index is 0.0123. The van der Waals surface area contributed by atoms with Gasteiger partial charge in [0.05, 0.1) is 31.0 Å². The van der Waals surface area contributed by atoms with Crippen LogP contribution in [0.4, 0.5) is 4.79 Å². The number of hydrogen-bond acceptors (Lipinski definition) is 7. The summed E-state index contributed by atoms with van der Waals surface area (Å²) in [6, 6.07) is 0. The Balaban J connectivity index is 1.76. The van der Waals surface area contributed by atoms with Crippen LogP contribution >= 0.6 is 0 Å². The zero-order valence-corrected chi connectivity index (χ0v) is 22.5. The number of ether oxygens (including phenoxy) is 4. The molecular weight excluding hydrogens is 449 g/mol. The van der Waals surface area contributed by atoms with Gasteiger partial charge in [-0.05, 0) is 53.4 Å². The van der Waals surface area contributed by atoms with Crippen molar-refractivity contribution in [3.8, 4) is 0 Å². The van der Waals surface area contributed by atoms with Crippen LogP contribution in [0, 0.1) is 5.92 Å². The molecule has 4 atom stereocenters. The quantitative estimate of drug-likeness (QED) is 0.138. The molecule has 1 heterocycles. The highest BCUT2D eigenvalue weighted by Crippen LogP contribution is 2.52. The van der Waals surface area contributed by atoms with E-state index in [4.69, 9.17) is 18.9 Å². The van der Waals surface area contributed by atoms with E-state index in [9.17, 15) is 9.59 Å². The van der Waals surface area contributed by atoms with Crippen molar-refractivity contribution in [2.24, 2.45) is 5.92 Å². The van der Waals surface area contributed by atoms with Crippen LogP contribution in [-0.2, 0) is 23.7 Å². The molecular formula is C25H46BN3O6. The standard InChI is InChI=1S/C25H46BN3O6/c1-18(2)11-15-33-24(3,4)22-21(32-5)19(10-12-25(22)17-34-25)35-23(31)28-14-9-7-6-8-13-27-20(30)16-29-26/h11,19,21-22,29H,6-10,12-17,26H2,1-5H3,(H,27,30)(H,28,31)/t19?,21?,22?,25-/m0/s1. The lowest BCUT2D eigenvalue weighted by molar-refractivity contribution is -0.172. The SMILES string of the molecule is BNCC(=O)NCCCCCCNC(=O)OC1CC[C@]2(CO2)C(C(C)(C)OCC=C(C)C)C1OC. The lowest BCUT2D eigenvalue weighted by atomic mass is 9.68. The van der Waals surface area contributed by atoms with Crippen molar-refractivity contribution < 1.29 is 28.5 Å². The predicted octanol–water partition coefficient (Wildman–Crippen LogP) is 1.85. The Morgan fingerprint density at radius 3 is 2.37 bits per heavy atom. The smallest absolute Gasteiger partial charge is 0.407 e. The van der Waals surface area contributed by atoms with Crippen molar-refractivity contribution in [1.82, 2.24) is 15.9 Å². The normalized spacial score (nSPS) is 25.7. The fourth-order valence-electron chi connectivity index (χ4n) is 5.02. The number of epoxide rings is 1. The average molecular weight is 495 g/mol. The van der Waals surface area contributed by atoms with Crippen molar-refractivity contribution in [2.75, 3.05) is 40.0 Å². The molecule has 1 aliphatic heterocycles. The summed E-state index contributed by atoms with van der Waals surface area (Å²) in [5, 5.41) is 8.56. The van der Waals surface area contributed by atoms with Crippen LogP contribution in [0.2, 0.25) is 0 Å². The van der Waals surface area contributed by atoms with Gasteiger partial charge in [-0.15, -0.1) is 0 Å². The van der Waals surface area contributed by atoms with Crippen LogP contribution in [0.1, 0.15) is 66.2 Å². The summed E-state index contributed by atoms with van der Waals surface area (Å²) in [5.74, 6) is -0.0380. The third-order valence-electron chi connectivity index (χ3n) is 6.89. The highest BCUT2D eigenvalue weighted by Gasteiger charge is 2.64. The van der Waals surface area contributed by atoms with E-state index >= 15 is 0 Å². The van der Waals surface area contributed by atoms with E-state index in [0.717, 1.165) is 32.1 Å². The van der Waals surface area contributed by atoms with Crippen LogP contribution in [0.5, 0.6) is 0 Å². The van der Waals surface area contributed by atoms with Gasteiger partial charge >= 0.3 is 6.09 Å². The molecule has 0 aromatic heterocycles. The molecule has 2 aliphatic rings. The number of allylic oxidation sites excluding steroid dienone is 1. The molecule has 0 aromatic carbocycles. The number of alkyl carbamates (subject to hydrolysis) is 1. The second-order valence-corrected chi connectivity index (χ2v) is 10.4. The maximum Gasteiger partial charge on any atom is 0.407 e. The topological polar surface area (TPSA) is 110 Å². The summed E-state index contributed by atoms with van der Waals surface area (Å²) in [6.45, 7) is 11.0. The van der Waals surface area contributed by atoms with E-state index in [2.05, 4.69) is 49.6 Å². The monoisotopic (exact) mass is 495 g/mol. The van der Waals surface area contributed by atoms with Crippen molar-refractivity contribution in [3.63, 3.8) is 0 Å². The molecule has 9 nitrogen and oxygen atoms in total. The summed E-state index contributed by atoms with van der Waals surface area (Å²) in [7, 11) is 3.42. The molecule has 1 saturated heterocycles. The van der Waals surface area contributed by atoms with Crippen LogP contribution in [0.3, 0.4) is 0 Å². The van der Waals surface area contributed by atoms with Gasteiger partial charge in [0.15, 0.2) is 7.98 Å². The Bertz CT molecular complexity index is 709. The number of carbonyl (C=O) groups excluding carboxylic acids is 2. The van der Waals surface area contributed by atoms with E-state index in [0.29, 0.717) is 39.3 Å². The van der Waals surface area contributed by atoms with Gasteiger partial charge in [0.1, 0.15) is 12.2 Å². The van der Waals surface area contributed by atoms with Crippen LogP contribution < -0.4 is 15.9 Å². The van der Waals surface area contributed by atoms with Crippen LogP contribution in [-0.4, -0.2) is 83.3 Å². The number of carbonyl (C=O) groups is 2. The first kappa shape index (κ1) is 29.6. The number of amides is 2. The molecule has 0 radical (unpaired) electrons. The minimum Gasteiger partial charge on any atom is -0.443 e. The first-order valence-electron chi connectivity index (χ1n) is 12.9. The Morgan fingerprint density at radius 1 is 1.14 bits per heavy atom. The fourth-order valence-corrected chi connectivity index (χ4v) is 5.02. The molecule has 10 heteroatoms. The third-order valence-corrected chi connectivity index (χ3v) is 6.89. The van der Waals surface area contributed by atoms with Gasteiger partial charge in [0, 0.05) is 26.1 Å². The number of nitrogens with one attached hydrogen (secondary N) is 3. The zero-order valence-electron chi connectivity index (χ0n) is 22.5. The molecule has 0 bridgehead atoms. The zero-order chi connectivity index (χ0) is 25.9. The van der Waals surface area contributed by atoms with E-state index in [-0.39, 0.29) is 29.6 Å². The van der Waals surface area contributed by atoms with Crippen LogP contribution in [0.15, 0.2) is 11.6 Å². The van der Waals surface area contributed by atoms with Gasteiger partial charge in [0.2, 0.25) is 5.91 Å². The molecule has 2 fully saturated rings. The van der Waals surface area contributed by atoms with Crippen LogP contribution in [0.25, 0.3) is 0 Å². The fraction of sp³-hybridized carbons (Fsp3) is 0.840. The second-order valence-electron chi connectivity index (χ2n) is 10.4. The average Bonchev–Trinajstić information content (AvgIpc) is 3.55. The summed E-state index contributed by atoms with van der Waals surface area (Å²) >= 11 is 0. The molecule has 1 saturated carbocycles. The largest absolute Gasteiger partial charge is 0.443 e. The summed E-state index contributed by atoms with van der Waals surface area (Å²) < 4.78 is 23.9.